The maximum Gasteiger partial charge on any atom is 0.159 e. The summed E-state index contributed by atoms with van der Waals surface area (Å²) in [4.78, 5) is 8.60. The molecule has 4 nitrogen and oxygen atoms in total. The number of rotatable bonds is 4. The molecule has 0 aliphatic carbocycles. The van der Waals surface area contributed by atoms with Gasteiger partial charge in [-0.05, 0) is 33.3 Å². The van der Waals surface area contributed by atoms with Crippen molar-refractivity contribution in [2.24, 2.45) is 0 Å². The Kier molecular flexibility index (Phi) is 4.58. The second kappa shape index (κ2) is 6.22. The summed E-state index contributed by atoms with van der Waals surface area (Å²) in [6.45, 7) is 8.68. The Morgan fingerprint density at radius 2 is 1.62 bits per heavy atom. The molecule has 0 spiro atoms. The van der Waals surface area contributed by atoms with Crippen molar-refractivity contribution in [1.29, 1.82) is 0 Å². The molecule has 1 heterocycles. The second-order valence-corrected chi connectivity index (χ2v) is 6.18. The van der Waals surface area contributed by atoms with Crippen LogP contribution < -0.4 is 10.1 Å². The highest BCUT2D eigenvalue weighted by Gasteiger charge is 2.14. The molecule has 0 radical (unpaired) electrons. The average molecular weight is 285 g/mol. The molecule has 0 bridgehead atoms. The maximum absolute atomic E-state index is 5.07. The van der Waals surface area contributed by atoms with E-state index in [2.05, 4.69) is 67.2 Å². The van der Waals surface area contributed by atoms with E-state index in [0.29, 0.717) is 17.6 Å². The fourth-order valence-electron chi connectivity index (χ4n) is 2.22. The minimum absolute atomic E-state index is 0.0944. The quantitative estimate of drug-likeness (QED) is 0.932. The van der Waals surface area contributed by atoms with Crippen LogP contribution in [0.3, 0.4) is 0 Å². The van der Waals surface area contributed by atoms with E-state index in [0.717, 1.165) is 5.56 Å². The van der Waals surface area contributed by atoms with Gasteiger partial charge in [0.1, 0.15) is 0 Å². The molecule has 1 atom stereocenters. The molecule has 4 heteroatoms. The van der Waals surface area contributed by atoms with Crippen molar-refractivity contribution in [3.8, 4) is 17.1 Å². The Morgan fingerprint density at radius 1 is 1.05 bits per heavy atom. The third-order valence-corrected chi connectivity index (χ3v) is 3.18. The Hall–Kier alpha value is -1.94. The van der Waals surface area contributed by atoms with Crippen LogP contribution in [0.2, 0.25) is 0 Å². The van der Waals surface area contributed by atoms with E-state index in [-0.39, 0.29) is 5.54 Å². The van der Waals surface area contributed by atoms with Crippen molar-refractivity contribution < 1.29 is 4.74 Å². The highest BCUT2D eigenvalue weighted by Crippen LogP contribution is 2.21. The fraction of sp³-hybridized carbons (Fsp3) is 0.412. The number of ether oxygens (including phenoxy) is 1. The topological polar surface area (TPSA) is 47.0 Å². The van der Waals surface area contributed by atoms with Gasteiger partial charge in [-0.25, -0.2) is 9.97 Å². The summed E-state index contributed by atoms with van der Waals surface area (Å²) in [5.41, 5.74) is 2.35. The molecule has 1 aromatic carbocycles. The lowest BCUT2D eigenvalue weighted by Gasteiger charge is -2.26. The van der Waals surface area contributed by atoms with Crippen molar-refractivity contribution in [3.63, 3.8) is 0 Å². The van der Waals surface area contributed by atoms with Gasteiger partial charge in [-0.3, -0.25) is 0 Å². The summed E-state index contributed by atoms with van der Waals surface area (Å²) in [5.74, 6) is 1.37. The third kappa shape index (κ3) is 4.26. The smallest absolute Gasteiger partial charge is 0.159 e. The number of hydrogen-bond donors (Lipinski definition) is 1. The molecular formula is C17H23N3O. The first kappa shape index (κ1) is 15.4. The first-order chi connectivity index (χ1) is 9.89. The minimum atomic E-state index is 0.0944. The number of aromatic nitrogens is 2. The molecule has 0 aliphatic rings. The Labute approximate surface area is 126 Å². The molecule has 1 aromatic heterocycles. The van der Waals surface area contributed by atoms with Gasteiger partial charge in [0.2, 0.25) is 0 Å². The van der Waals surface area contributed by atoms with E-state index in [1.807, 2.05) is 0 Å². The minimum Gasteiger partial charge on any atom is -0.494 e. The van der Waals surface area contributed by atoms with Crippen LogP contribution in [0.15, 0.2) is 36.7 Å². The van der Waals surface area contributed by atoms with Crippen LogP contribution in [0, 0.1) is 0 Å². The highest BCUT2D eigenvalue weighted by molar-refractivity contribution is 5.55. The summed E-state index contributed by atoms with van der Waals surface area (Å²) < 4.78 is 5.07. The van der Waals surface area contributed by atoms with Gasteiger partial charge >= 0.3 is 0 Å². The van der Waals surface area contributed by atoms with E-state index in [9.17, 15) is 0 Å². The Morgan fingerprint density at radius 3 is 2.10 bits per heavy atom. The Bertz CT molecular complexity index is 570. The zero-order valence-electron chi connectivity index (χ0n) is 13.3. The van der Waals surface area contributed by atoms with E-state index in [1.165, 1.54) is 5.56 Å². The zero-order chi connectivity index (χ0) is 15.5. The monoisotopic (exact) mass is 285 g/mol. The Balaban J connectivity index is 2.14. The van der Waals surface area contributed by atoms with E-state index in [4.69, 9.17) is 4.74 Å². The van der Waals surface area contributed by atoms with Gasteiger partial charge in [0.15, 0.2) is 11.6 Å². The summed E-state index contributed by atoms with van der Waals surface area (Å²) in [7, 11) is 1.61. The first-order valence-electron chi connectivity index (χ1n) is 7.13. The fourth-order valence-corrected chi connectivity index (χ4v) is 2.22. The van der Waals surface area contributed by atoms with Crippen molar-refractivity contribution >= 4 is 0 Å². The van der Waals surface area contributed by atoms with Gasteiger partial charge in [0, 0.05) is 17.1 Å². The standard InChI is InChI=1S/C17H23N3O/c1-12(20-17(2,3)4)13-6-8-14(9-7-13)16-18-10-15(21-5)11-19-16/h6-12,20H,1-5H3/t12-/m0/s1. The maximum atomic E-state index is 5.07. The van der Waals surface area contributed by atoms with Gasteiger partial charge in [-0.2, -0.15) is 0 Å². The van der Waals surface area contributed by atoms with Crippen molar-refractivity contribution in [3.05, 3.63) is 42.2 Å². The molecule has 21 heavy (non-hydrogen) atoms. The van der Waals surface area contributed by atoms with E-state index < -0.39 is 0 Å². The SMILES string of the molecule is COc1cnc(-c2ccc([C@H](C)NC(C)(C)C)cc2)nc1. The highest BCUT2D eigenvalue weighted by atomic mass is 16.5. The van der Waals surface area contributed by atoms with Crippen molar-refractivity contribution in [2.75, 3.05) is 7.11 Å². The van der Waals surface area contributed by atoms with Gasteiger partial charge in [0.25, 0.3) is 0 Å². The van der Waals surface area contributed by atoms with Crippen molar-refractivity contribution in [1.82, 2.24) is 15.3 Å². The first-order valence-corrected chi connectivity index (χ1v) is 7.13. The largest absolute Gasteiger partial charge is 0.494 e. The predicted octanol–water partition coefficient (Wildman–Crippen LogP) is 3.60. The molecule has 0 amide bonds. The molecule has 2 rings (SSSR count). The van der Waals surface area contributed by atoms with Crippen LogP contribution in [-0.4, -0.2) is 22.6 Å². The summed E-state index contributed by atoms with van der Waals surface area (Å²) in [5, 5.41) is 3.56. The van der Waals surface area contributed by atoms with Crippen LogP contribution in [0.25, 0.3) is 11.4 Å². The van der Waals surface area contributed by atoms with E-state index in [1.54, 1.807) is 19.5 Å². The molecule has 2 aromatic rings. The number of methoxy groups -OCH3 is 1. The number of benzene rings is 1. The molecule has 0 saturated carbocycles. The molecule has 0 saturated heterocycles. The predicted molar refractivity (Wildman–Crippen MR) is 85.3 cm³/mol. The van der Waals surface area contributed by atoms with Crippen LogP contribution in [0.5, 0.6) is 5.75 Å². The zero-order valence-corrected chi connectivity index (χ0v) is 13.3. The molecule has 1 N–H and O–H groups in total. The molecule has 0 aliphatic heterocycles. The van der Waals surface area contributed by atoms with Gasteiger partial charge in [0.05, 0.1) is 19.5 Å². The van der Waals surface area contributed by atoms with Gasteiger partial charge in [-0.15, -0.1) is 0 Å². The number of nitrogens with zero attached hydrogens (tertiary/aromatic N) is 2. The molecule has 0 unspecified atom stereocenters. The number of hydrogen-bond acceptors (Lipinski definition) is 4. The van der Waals surface area contributed by atoms with Gasteiger partial charge in [-0.1, -0.05) is 24.3 Å². The lowest BCUT2D eigenvalue weighted by Crippen LogP contribution is -2.37. The average Bonchev–Trinajstić information content (AvgIpc) is 2.46. The summed E-state index contributed by atoms with van der Waals surface area (Å²) in [6.07, 6.45) is 3.36. The summed E-state index contributed by atoms with van der Waals surface area (Å²) in [6, 6.07) is 8.64. The van der Waals surface area contributed by atoms with Crippen LogP contribution >= 0.6 is 0 Å². The molecule has 0 fully saturated rings. The molecule has 112 valence electrons. The summed E-state index contributed by atoms with van der Waals surface area (Å²) >= 11 is 0. The van der Waals surface area contributed by atoms with Crippen LogP contribution in [0.4, 0.5) is 0 Å². The number of nitrogens with one attached hydrogen (secondary N) is 1. The van der Waals surface area contributed by atoms with Crippen LogP contribution in [-0.2, 0) is 0 Å². The van der Waals surface area contributed by atoms with Crippen LogP contribution in [0.1, 0.15) is 39.3 Å². The molecular weight excluding hydrogens is 262 g/mol. The lowest BCUT2D eigenvalue weighted by atomic mass is 10.0. The van der Waals surface area contributed by atoms with E-state index >= 15 is 0 Å². The lowest BCUT2D eigenvalue weighted by molar-refractivity contribution is 0.378. The third-order valence-electron chi connectivity index (χ3n) is 3.18. The normalized spacial score (nSPS) is 13.0. The van der Waals surface area contributed by atoms with Gasteiger partial charge < -0.3 is 10.1 Å². The second-order valence-electron chi connectivity index (χ2n) is 6.18. The van der Waals surface area contributed by atoms with Crippen molar-refractivity contribution in [2.45, 2.75) is 39.3 Å².